The monoisotopic (exact) mass is 355 g/mol. The summed E-state index contributed by atoms with van der Waals surface area (Å²) in [5.74, 6) is 1.58. The van der Waals surface area contributed by atoms with Crippen LogP contribution in [0.15, 0.2) is 21.6 Å². The Morgan fingerprint density at radius 3 is 3.14 bits per heavy atom. The molecule has 112 valence electrons. The van der Waals surface area contributed by atoms with E-state index >= 15 is 0 Å². The molecule has 0 bridgehead atoms. The van der Waals surface area contributed by atoms with E-state index in [1.807, 2.05) is 6.07 Å². The van der Waals surface area contributed by atoms with Crippen molar-refractivity contribution >= 4 is 27.8 Å². The van der Waals surface area contributed by atoms with E-state index in [2.05, 4.69) is 31.6 Å². The molecule has 1 amide bonds. The molecule has 7 nitrogen and oxygen atoms in total. The number of amides is 1. The zero-order valence-corrected chi connectivity index (χ0v) is 12.9. The van der Waals surface area contributed by atoms with Crippen molar-refractivity contribution in [2.45, 2.75) is 6.04 Å². The Bertz CT molecular complexity index is 605. The van der Waals surface area contributed by atoms with Crippen LogP contribution in [-0.2, 0) is 9.53 Å². The highest BCUT2D eigenvalue weighted by atomic mass is 79.9. The Kier molecular flexibility index (Phi) is 3.98. The normalized spacial score (nSPS) is 21.5. The van der Waals surface area contributed by atoms with E-state index in [1.165, 1.54) is 0 Å². The first kappa shape index (κ1) is 14.2. The van der Waals surface area contributed by atoms with Gasteiger partial charge in [0.1, 0.15) is 6.04 Å². The number of rotatable bonds is 4. The van der Waals surface area contributed by atoms with Gasteiger partial charge in [0.2, 0.25) is 6.79 Å². The number of carbonyl (C=O) groups is 1. The molecule has 0 radical (unpaired) electrons. The second-order valence-electron chi connectivity index (χ2n) is 4.53. The molecule has 2 heterocycles. The molecule has 0 spiro atoms. The Labute approximate surface area is 129 Å². The van der Waals surface area contributed by atoms with Crippen LogP contribution in [-0.4, -0.2) is 38.9 Å². The first-order chi connectivity index (χ1) is 10.2. The molecular formula is C13H14BrN3O4. The largest absolute Gasteiger partial charge is 0.454 e. The van der Waals surface area contributed by atoms with E-state index in [0.29, 0.717) is 30.6 Å². The molecule has 3 rings (SSSR count). The molecule has 1 atom stereocenters. The zero-order valence-electron chi connectivity index (χ0n) is 11.3. The third kappa shape index (κ3) is 2.81. The van der Waals surface area contributed by atoms with Crippen molar-refractivity contribution in [3.8, 4) is 11.5 Å². The second kappa shape index (κ2) is 5.90. The fraction of sp³-hybridized carbons (Fsp3) is 0.385. The average molecular weight is 356 g/mol. The average Bonchev–Trinajstić information content (AvgIpc) is 3.06. The van der Waals surface area contributed by atoms with Gasteiger partial charge in [0, 0.05) is 7.11 Å². The van der Waals surface area contributed by atoms with Gasteiger partial charge < -0.3 is 19.5 Å². The van der Waals surface area contributed by atoms with Crippen molar-refractivity contribution in [1.29, 1.82) is 0 Å². The number of aliphatic imine (C=N–C) groups is 1. The van der Waals surface area contributed by atoms with Gasteiger partial charge in [-0.3, -0.25) is 15.1 Å². The molecule has 2 aliphatic heterocycles. The van der Waals surface area contributed by atoms with Gasteiger partial charge >= 0.3 is 0 Å². The van der Waals surface area contributed by atoms with Gasteiger partial charge in [0.05, 0.1) is 17.6 Å². The molecule has 1 saturated heterocycles. The predicted molar refractivity (Wildman–Crippen MR) is 78.5 cm³/mol. The van der Waals surface area contributed by atoms with Crippen LogP contribution in [0.4, 0.5) is 0 Å². The van der Waals surface area contributed by atoms with Gasteiger partial charge in [-0.25, -0.2) is 0 Å². The van der Waals surface area contributed by atoms with E-state index in [0.717, 1.165) is 10.0 Å². The Balaban J connectivity index is 1.80. The number of nitrogens with one attached hydrogen (secondary N) is 2. The Morgan fingerprint density at radius 2 is 2.33 bits per heavy atom. The van der Waals surface area contributed by atoms with Gasteiger partial charge in [-0.2, -0.15) is 0 Å². The first-order valence-electron chi connectivity index (χ1n) is 6.39. The molecule has 1 aromatic rings. The number of ether oxygens (including phenoxy) is 3. The van der Waals surface area contributed by atoms with Crippen LogP contribution in [0.1, 0.15) is 11.6 Å². The first-order valence-corrected chi connectivity index (χ1v) is 7.18. The summed E-state index contributed by atoms with van der Waals surface area (Å²) in [5, 5.41) is 5.76. The quantitative estimate of drug-likeness (QED) is 0.785. The number of fused-ring (bicyclic) bond motifs is 1. The van der Waals surface area contributed by atoms with E-state index in [9.17, 15) is 4.79 Å². The van der Waals surface area contributed by atoms with E-state index in [-0.39, 0.29) is 12.7 Å². The van der Waals surface area contributed by atoms with Crippen molar-refractivity contribution in [3.05, 3.63) is 22.2 Å². The van der Waals surface area contributed by atoms with Crippen molar-refractivity contribution < 1.29 is 19.0 Å². The van der Waals surface area contributed by atoms with Crippen LogP contribution in [0.5, 0.6) is 11.5 Å². The summed E-state index contributed by atoms with van der Waals surface area (Å²) in [7, 11) is 1.60. The summed E-state index contributed by atoms with van der Waals surface area (Å²) < 4.78 is 16.4. The molecule has 2 aliphatic rings. The fourth-order valence-electron chi connectivity index (χ4n) is 2.15. The third-order valence-electron chi connectivity index (χ3n) is 3.13. The summed E-state index contributed by atoms with van der Waals surface area (Å²) in [6.07, 6.45) is 0. The fourth-order valence-corrected chi connectivity index (χ4v) is 2.72. The molecule has 8 heteroatoms. The van der Waals surface area contributed by atoms with Crippen LogP contribution in [0, 0.1) is 0 Å². The SMILES string of the molecule is COCCN=C1NC(=O)C(c2cc(Br)c3c(c2)OCO3)N1. The lowest BCUT2D eigenvalue weighted by Crippen LogP contribution is -2.26. The van der Waals surface area contributed by atoms with Crippen LogP contribution in [0.25, 0.3) is 0 Å². The van der Waals surface area contributed by atoms with Crippen molar-refractivity contribution in [2.24, 2.45) is 4.99 Å². The zero-order chi connectivity index (χ0) is 14.8. The topological polar surface area (TPSA) is 81.2 Å². The van der Waals surface area contributed by atoms with Crippen LogP contribution in [0.2, 0.25) is 0 Å². The maximum absolute atomic E-state index is 12.1. The summed E-state index contributed by atoms with van der Waals surface area (Å²) in [5.41, 5.74) is 0.778. The Hall–Kier alpha value is -1.80. The molecule has 1 aromatic carbocycles. The minimum atomic E-state index is -0.503. The molecule has 0 aliphatic carbocycles. The number of benzene rings is 1. The highest BCUT2D eigenvalue weighted by molar-refractivity contribution is 9.10. The molecular weight excluding hydrogens is 342 g/mol. The lowest BCUT2D eigenvalue weighted by atomic mass is 10.1. The number of halogens is 1. The van der Waals surface area contributed by atoms with Gasteiger partial charge in [0.15, 0.2) is 17.5 Å². The lowest BCUT2D eigenvalue weighted by Gasteiger charge is -2.10. The molecule has 0 aromatic heterocycles. The van der Waals surface area contributed by atoms with Crippen LogP contribution in [0.3, 0.4) is 0 Å². The summed E-state index contributed by atoms with van der Waals surface area (Å²) >= 11 is 3.42. The van der Waals surface area contributed by atoms with E-state index < -0.39 is 6.04 Å². The number of carbonyl (C=O) groups excluding carboxylic acids is 1. The molecule has 0 saturated carbocycles. The van der Waals surface area contributed by atoms with Crippen molar-refractivity contribution in [1.82, 2.24) is 10.6 Å². The van der Waals surface area contributed by atoms with Crippen LogP contribution >= 0.6 is 15.9 Å². The maximum Gasteiger partial charge on any atom is 0.253 e. The molecule has 21 heavy (non-hydrogen) atoms. The highest BCUT2D eigenvalue weighted by Crippen LogP contribution is 2.41. The molecule has 1 fully saturated rings. The second-order valence-corrected chi connectivity index (χ2v) is 5.38. The van der Waals surface area contributed by atoms with Gasteiger partial charge in [-0.1, -0.05) is 0 Å². The smallest absolute Gasteiger partial charge is 0.253 e. The summed E-state index contributed by atoms with van der Waals surface area (Å²) in [6.45, 7) is 1.17. The number of nitrogens with zero attached hydrogens (tertiary/aromatic N) is 1. The number of methoxy groups -OCH3 is 1. The number of guanidine groups is 1. The lowest BCUT2D eigenvalue weighted by molar-refractivity contribution is -0.120. The third-order valence-corrected chi connectivity index (χ3v) is 3.72. The minimum absolute atomic E-state index is 0.156. The maximum atomic E-state index is 12.1. The standard InChI is InChI=1S/C13H14BrN3O4/c1-19-3-2-15-13-16-10(12(18)17-13)7-4-8(14)11-9(5-7)20-6-21-11/h4-5,10H,2-3,6H2,1H3,(H2,15,16,17,18). The Morgan fingerprint density at radius 1 is 1.48 bits per heavy atom. The van der Waals surface area contributed by atoms with E-state index in [4.69, 9.17) is 14.2 Å². The minimum Gasteiger partial charge on any atom is -0.454 e. The van der Waals surface area contributed by atoms with Crippen molar-refractivity contribution in [3.63, 3.8) is 0 Å². The number of hydrogen-bond donors (Lipinski definition) is 2. The number of hydrogen-bond acceptors (Lipinski definition) is 5. The van der Waals surface area contributed by atoms with Crippen molar-refractivity contribution in [2.75, 3.05) is 27.1 Å². The van der Waals surface area contributed by atoms with Crippen LogP contribution < -0.4 is 20.1 Å². The summed E-state index contributed by atoms with van der Waals surface area (Å²) in [4.78, 5) is 16.3. The highest BCUT2D eigenvalue weighted by Gasteiger charge is 2.31. The molecule has 1 unspecified atom stereocenters. The summed E-state index contributed by atoms with van der Waals surface area (Å²) in [6, 6.07) is 3.13. The predicted octanol–water partition coefficient (Wildman–Crippen LogP) is 0.941. The van der Waals surface area contributed by atoms with Gasteiger partial charge in [-0.05, 0) is 33.6 Å². The van der Waals surface area contributed by atoms with Gasteiger partial charge in [0.25, 0.3) is 5.91 Å². The molecule has 2 N–H and O–H groups in total. The van der Waals surface area contributed by atoms with E-state index in [1.54, 1.807) is 13.2 Å². The van der Waals surface area contributed by atoms with Gasteiger partial charge in [-0.15, -0.1) is 0 Å².